The number of halogens is 1. The molecule has 0 aliphatic rings. The lowest BCUT2D eigenvalue weighted by Crippen LogP contribution is -2.06. The largest absolute Gasteiger partial charge is 0.481 e. The number of rotatable bonds is 6. The third-order valence-corrected chi connectivity index (χ3v) is 3.58. The highest BCUT2D eigenvalue weighted by Gasteiger charge is 2.14. The molecule has 8 nitrogen and oxygen atoms in total. The Morgan fingerprint density at radius 1 is 1.33 bits per heavy atom. The average Bonchev–Trinajstić information content (AvgIpc) is 3.12. The second-order valence-corrected chi connectivity index (χ2v) is 5.60. The van der Waals surface area contributed by atoms with E-state index in [2.05, 4.69) is 20.5 Å². The average molecular weight is 347 g/mol. The number of aliphatic carboxylic acids is 1. The van der Waals surface area contributed by atoms with E-state index in [1.54, 1.807) is 40.1 Å². The summed E-state index contributed by atoms with van der Waals surface area (Å²) in [6.07, 6.45) is 6.75. The third kappa shape index (κ3) is 3.72. The van der Waals surface area contributed by atoms with Gasteiger partial charge in [-0.2, -0.15) is 10.2 Å². The molecule has 9 heteroatoms. The van der Waals surface area contributed by atoms with Crippen molar-refractivity contribution >= 4 is 23.3 Å². The van der Waals surface area contributed by atoms with Crippen LogP contribution >= 0.6 is 11.6 Å². The molecule has 3 rings (SSSR count). The lowest BCUT2D eigenvalue weighted by Gasteiger charge is -2.02. The van der Waals surface area contributed by atoms with Gasteiger partial charge in [0.2, 0.25) is 0 Å². The van der Waals surface area contributed by atoms with Gasteiger partial charge in [0.05, 0.1) is 35.9 Å². The Balaban J connectivity index is 1.85. The van der Waals surface area contributed by atoms with Crippen LogP contribution in [0, 0.1) is 0 Å². The molecule has 0 bridgehead atoms. The quantitative estimate of drug-likeness (QED) is 0.661. The minimum absolute atomic E-state index is 0.155. The van der Waals surface area contributed by atoms with Crippen molar-refractivity contribution in [1.29, 1.82) is 0 Å². The van der Waals surface area contributed by atoms with Gasteiger partial charge in [-0.3, -0.25) is 9.48 Å². The van der Waals surface area contributed by atoms with Crippen LogP contribution in [0.2, 0.25) is 5.15 Å². The Hall–Kier alpha value is -2.87. The molecular weight excluding hydrogens is 332 g/mol. The number of aryl methyl sites for hydroxylation is 1. The number of hydrogen-bond acceptors (Lipinski definition) is 5. The molecule has 0 radical (unpaired) electrons. The molecule has 0 saturated heterocycles. The molecule has 0 aliphatic carbocycles. The second kappa shape index (κ2) is 6.71. The molecule has 3 heterocycles. The van der Waals surface area contributed by atoms with Crippen molar-refractivity contribution in [3.05, 3.63) is 53.3 Å². The highest BCUT2D eigenvalue weighted by Crippen LogP contribution is 2.16. The predicted octanol–water partition coefficient (Wildman–Crippen LogP) is 1.89. The van der Waals surface area contributed by atoms with Crippen molar-refractivity contribution < 1.29 is 9.90 Å². The first-order chi connectivity index (χ1) is 11.5. The maximum absolute atomic E-state index is 11.1. The first-order valence-corrected chi connectivity index (χ1v) is 7.53. The van der Waals surface area contributed by atoms with Crippen molar-refractivity contribution in [3.63, 3.8) is 0 Å². The topological polar surface area (TPSA) is 97.9 Å². The highest BCUT2D eigenvalue weighted by atomic mass is 35.5. The lowest BCUT2D eigenvalue weighted by molar-refractivity contribution is -0.136. The minimum atomic E-state index is -0.933. The fourth-order valence-corrected chi connectivity index (χ4v) is 2.34. The van der Waals surface area contributed by atoms with E-state index in [1.807, 2.05) is 13.2 Å². The van der Waals surface area contributed by atoms with Crippen molar-refractivity contribution in [2.75, 3.05) is 5.32 Å². The number of aromatic nitrogens is 5. The van der Waals surface area contributed by atoms with Gasteiger partial charge < -0.3 is 10.4 Å². The van der Waals surface area contributed by atoms with E-state index in [4.69, 9.17) is 16.7 Å². The minimum Gasteiger partial charge on any atom is -0.481 e. The van der Waals surface area contributed by atoms with Gasteiger partial charge in [-0.15, -0.1) is 0 Å². The van der Waals surface area contributed by atoms with Crippen LogP contribution in [0.4, 0.5) is 5.69 Å². The number of pyridine rings is 1. The lowest BCUT2D eigenvalue weighted by atomic mass is 10.2. The van der Waals surface area contributed by atoms with E-state index in [-0.39, 0.29) is 6.42 Å². The van der Waals surface area contributed by atoms with Crippen molar-refractivity contribution in [2.24, 2.45) is 7.05 Å². The van der Waals surface area contributed by atoms with Gasteiger partial charge in [0, 0.05) is 31.5 Å². The Kier molecular flexibility index (Phi) is 4.48. The van der Waals surface area contributed by atoms with Crippen LogP contribution in [0.1, 0.15) is 11.3 Å². The van der Waals surface area contributed by atoms with Crippen LogP contribution in [0.15, 0.2) is 36.9 Å². The molecule has 2 N–H and O–H groups in total. The summed E-state index contributed by atoms with van der Waals surface area (Å²) in [6.45, 7) is 0.440. The van der Waals surface area contributed by atoms with Gasteiger partial charge in [0.15, 0.2) is 0 Å². The van der Waals surface area contributed by atoms with Crippen molar-refractivity contribution in [2.45, 2.75) is 13.0 Å². The fraction of sp³-hybridized carbons (Fsp3) is 0.200. The van der Waals surface area contributed by atoms with E-state index in [0.717, 1.165) is 11.3 Å². The predicted molar refractivity (Wildman–Crippen MR) is 88.2 cm³/mol. The summed E-state index contributed by atoms with van der Waals surface area (Å²) in [5.41, 5.74) is 2.84. The van der Waals surface area contributed by atoms with Gasteiger partial charge >= 0.3 is 5.97 Å². The van der Waals surface area contributed by atoms with Gasteiger partial charge in [0.25, 0.3) is 0 Å². The van der Waals surface area contributed by atoms with Crippen LogP contribution in [-0.2, 0) is 24.8 Å². The Morgan fingerprint density at radius 3 is 2.79 bits per heavy atom. The second-order valence-electron chi connectivity index (χ2n) is 5.21. The number of carbonyl (C=O) groups is 1. The molecule has 24 heavy (non-hydrogen) atoms. The fourth-order valence-electron chi connectivity index (χ4n) is 2.23. The normalized spacial score (nSPS) is 10.8. The molecule has 3 aromatic heterocycles. The number of carboxylic acids is 1. The van der Waals surface area contributed by atoms with Crippen LogP contribution < -0.4 is 5.32 Å². The third-order valence-electron chi connectivity index (χ3n) is 3.36. The van der Waals surface area contributed by atoms with Crippen LogP contribution in [0.5, 0.6) is 0 Å². The van der Waals surface area contributed by atoms with Crippen LogP contribution in [-0.4, -0.2) is 35.6 Å². The van der Waals surface area contributed by atoms with Gasteiger partial charge in [-0.25, -0.2) is 9.67 Å². The van der Waals surface area contributed by atoms with Crippen molar-refractivity contribution in [1.82, 2.24) is 24.5 Å². The monoisotopic (exact) mass is 346 g/mol. The van der Waals surface area contributed by atoms with E-state index < -0.39 is 5.97 Å². The van der Waals surface area contributed by atoms with E-state index in [1.165, 1.54) is 0 Å². The molecule has 0 saturated carbocycles. The molecule has 0 unspecified atom stereocenters. The van der Waals surface area contributed by atoms with Crippen LogP contribution in [0.3, 0.4) is 0 Å². The van der Waals surface area contributed by atoms with Gasteiger partial charge in [-0.05, 0) is 12.1 Å². The maximum Gasteiger partial charge on any atom is 0.309 e. The van der Waals surface area contributed by atoms with E-state index in [0.29, 0.717) is 23.1 Å². The number of carboxylic acid groups (broad SMARTS) is 1. The summed E-state index contributed by atoms with van der Waals surface area (Å²) in [5, 5.41) is 21.1. The summed E-state index contributed by atoms with van der Waals surface area (Å²) < 4.78 is 3.28. The summed E-state index contributed by atoms with van der Waals surface area (Å²) >= 11 is 5.79. The van der Waals surface area contributed by atoms with E-state index in [9.17, 15) is 4.79 Å². The molecule has 0 amide bonds. The highest BCUT2D eigenvalue weighted by molar-refractivity contribution is 6.29. The zero-order chi connectivity index (χ0) is 17.1. The van der Waals surface area contributed by atoms with Crippen molar-refractivity contribution in [3.8, 4) is 5.69 Å². The van der Waals surface area contributed by atoms with Gasteiger partial charge in [-0.1, -0.05) is 11.6 Å². The first kappa shape index (κ1) is 16.0. The summed E-state index contributed by atoms with van der Waals surface area (Å²) in [6, 6.07) is 3.42. The molecule has 0 fully saturated rings. The number of nitrogens with zero attached hydrogens (tertiary/aromatic N) is 5. The molecule has 0 aliphatic heterocycles. The molecule has 0 spiro atoms. The standard InChI is InChI=1S/C15H15ClN6O2/c1-21-9-11(6-19-21)17-5-10-8-22(20-13(10)4-15(23)24)12-2-3-14(16)18-7-12/h2-3,6-9,17H,4-5H2,1H3,(H,23,24). The molecule has 124 valence electrons. The Morgan fingerprint density at radius 2 is 2.17 bits per heavy atom. The molecule has 0 aromatic carbocycles. The number of hydrogen-bond donors (Lipinski definition) is 2. The van der Waals surface area contributed by atoms with Crippen LogP contribution in [0.25, 0.3) is 5.69 Å². The number of nitrogens with one attached hydrogen (secondary N) is 1. The number of anilines is 1. The molecular formula is C15H15ClN6O2. The summed E-state index contributed by atoms with van der Waals surface area (Å²) in [4.78, 5) is 15.1. The molecule has 0 atom stereocenters. The van der Waals surface area contributed by atoms with Gasteiger partial charge in [0.1, 0.15) is 5.15 Å². The summed E-state index contributed by atoms with van der Waals surface area (Å²) in [7, 11) is 1.83. The first-order valence-electron chi connectivity index (χ1n) is 7.15. The molecule has 3 aromatic rings. The Labute approximate surface area is 142 Å². The Bertz CT molecular complexity index is 855. The summed E-state index contributed by atoms with van der Waals surface area (Å²) in [5.74, 6) is -0.933. The zero-order valence-corrected chi connectivity index (χ0v) is 13.6. The SMILES string of the molecule is Cn1cc(NCc2cn(-c3ccc(Cl)nc3)nc2CC(=O)O)cn1. The van der Waals surface area contributed by atoms with E-state index >= 15 is 0 Å². The maximum atomic E-state index is 11.1. The zero-order valence-electron chi connectivity index (χ0n) is 12.8. The smallest absolute Gasteiger partial charge is 0.309 e.